The summed E-state index contributed by atoms with van der Waals surface area (Å²) >= 11 is 0. The minimum Gasteiger partial charge on any atom is -0.494 e. The van der Waals surface area contributed by atoms with Crippen molar-refractivity contribution >= 4 is 12.0 Å². The number of carbonyl (C=O) groups is 1. The van der Waals surface area contributed by atoms with Crippen molar-refractivity contribution in [2.75, 3.05) is 39.8 Å². The normalized spacial score (nSPS) is 16.6. The molecule has 1 aromatic carbocycles. The van der Waals surface area contributed by atoms with E-state index in [0.717, 1.165) is 37.5 Å². The summed E-state index contributed by atoms with van der Waals surface area (Å²) in [4.78, 5) is 16.2. The van der Waals surface area contributed by atoms with Gasteiger partial charge in [-0.2, -0.15) is 0 Å². The number of piperazine rings is 1. The van der Waals surface area contributed by atoms with Crippen molar-refractivity contribution in [2.45, 2.75) is 6.92 Å². The Morgan fingerprint density at radius 1 is 1.20 bits per heavy atom. The maximum atomic E-state index is 12.0. The highest BCUT2D eigenvalue weighted by Crippen LogP contribution is 2.13. The number of likely N-dealkylation sites (N-methyl/N-ethyl adjacent to an activating group) is 1. The van der Waals surface area contributed by atoms with E-state index >= 15 is 0 Å². The zero-order valence-electron chi connectivity index (χ0n) is 12.2. The van der Waals surface area contributed by atoms with Crippen molar-refractivity contribution in [3.8, 4) is 5.75 Å². The first-order valence-electron chi connectivity index (χ1n) is 7.07. The van der Waals surface area contributed by atoms with Gasteiger partial charge in [-0.25, -0.2) is 0 Å². The molecule has 0 aliphatic carbocycles. The number of rotatable bonds is 4. The van der Waals surface area contributed by atoms with Crippen molar-refractivity contribution in [1.29, 1.82) is 0 Å². The van der Waals surface area contributed by atoms with E-state index in [-0.39, 0.29) is 5.91 Å². The lowest BCUT2D eigenvalue weighted by Gasteiger charge is -2.31. The summed E-state index contributed by atoms with van der Waals surface area (Å²) in [6.07, 6.45) is 3.51. The van der Waals surface area contributed by atoms with E-state index in [1.54, 1.807) is 6.08 Å². The van der Waals surface area contributed by atoms with Crippen molar-refractivity contribution in [2.24, 2.45) is 0 Å². The van der Waals surface area contributed by atoms with Crippen molar-refractivity contribution in [3.05, 3.63) is 35.9 Å². The number of ether oxygens (including phenoxy) is 1. The van der Waals surface area contributed by atoms with Gasteiger partial charge < -0.3 is 14.5 Å². The highest BCUT2D eigenvalue weighted by Gasteiger charge is 2.16. The first-order valence-corrected chi connectivity index (χ1v) is 7.07. The fourth-order valence-corrected chi connectivity index (χ4v) is 2.14. The van der Waals surface area contributed by atoms with Crippen molar-refractivity contribution in [3.63, 3.8) is 0 Å². The highest BCUT2D eigenvalue weighted by molar-refractivity contribution is 5.91. The van der Waals surface area contributed by atoms with Gasteiger partial charge in [0, 0.05) is 32.3 Å². The molecule has 0 atom stereocenters. The fourth-order valence-electron chi connectivity index (χ4n) is 2.14. The van der Waals surface area contributed by atoms with Gasteiger partial charge in [-0.05, 0) is 37.7 Å². The molecule has 1 aliphatic rings. The summed E-state index contributed by atoms with van der Waals surface area (Å²) in [6.45, 7) is 6.14. The summed E-state index contributed by atoms with van der Waals surface area (Å²) in [5.74, 6) is 0.946. The average molecular weight is 274 g/mol. The first-order chi connectivity index (χ1) is 9.69. The van der Waals surface area contributed by atoms with Crippen LogP contribution in [0.25, 0.3) is 6.08 Å². The van der Waals surface area contributed by atoms with Crippen LogP contribution in [0.2, 0.25) is 0 Å². The highest BCUT2D eigenvalue weighted by atomic mass is 16.5. The maximum absolute atomic E-state index is 12.0. The molecule has 108 valence electrons. The molecule has 0 unspecified atom stereocenters. The summed E-state index contributed by atoms with van der Waals surface area (Å²) in [7, 11) is 2.08. The molecule has 0 bridgehead atoms. The molecule has 1 aromatic rings. The second kappa shape index (κ2) is 7.10. The van der Waals surface area contributed by atoms with Gasteiger partial charge in [0.2, 0.25) is 5.91 Å². The molecule has 1 aliphatic heterocycles. The summed E-state index contributed by atoms with van der Waals surface area (Å²) < 4.78 is 5.39. The van der Waals surface area contributed by atoms with Gasteiger partial charge in [-0.1, -0.05) is 12.1 Å². The van der Waals surface area contributed by atoms with Gasteiger partial charge in [-0.3, -0.25) is 4.79 Å². The standard InChI is InChI=1S/C16H22N2O2/c1-3-20-15-7-4-14(5-8-15)6-9-16(19)18-12-10-17(2)11-13-18/h4-9H,3,10-13H2,1-2H3/b9-6+. The van der Waals surface area contributed by atoms with E-state index in [4.69, 9.17) is 4.74 Å². The monoisotopic (exact) mass is 274 g/mol. The fraction of sp³-hybridized carbons (Fsp3) is 0.438. The molecule has 1 amide bonds. The zero-order valence-corrected chi connectivity index (χ0v) is 12.2. The molecular weight excluding hydrogens is 252 g/mol. The lowest BCUT2D eigenvalue weighted by Crippen LogP contribution is -2.46. The van der Waals surface area contributed by atoms with Crippen LogP contribution in [0.4, 0.5) is 0 Å². The Hall–Kier alpha value is -1.81. The first kappa shape index (κ1) is 14.6. The van der Waals surface area contributed by atoms with E-state index in [2.05, 4.69) is 11.9 Å². The Morgan fingerprint density at radius 3 is 2.45 bits per heavy atom. The minimum absolute atomic E-state index is 0.0898. The van der Waals surface area contributed by atoms with Crippen molar-refractivity contribution in [1.82, 2.24) is 9.80 Å². The number of carbonyl (C=O) groups excluding carboxylic acids is 1. The Labute approximate surface area is 120 Å². The van der Waals surface area contributed by atoms with Crippen LogP contribution in [0.1, 0.15) is 12.5 Å². The van der Waals surface area contributed by atoms with Gasteiger partial charge in [-0.15, -0.1) is 0 Å². The Bertz CT molecular complexity index is 460. The molecule has 0 radical (unpaired) electrons. The van der Waals surface area contributed by atoms with Crippen LogP contribution in [0.5, 0.6) is 5.75 Å². The maximum Gasteiger partial charge on any atom is 0.246 e. The molecule has 0 N–H and O–H groups in total. The smallest absolute Gasteiger partial charge is 0.246 e. The lowest BCUT2D eigenvalue weighted by atomic mass is 10.2. The molecular formula is C16H22N2O2. The topological polar surface area (TPSA) is 32.8 Å². The molecule has 0 spiro atoms. The predicted octanol–water partition coefficient (Wildman–Crippen LogP) is 1.87. The molecule has 0 saturated carbocycles. The number of hydrogen-bond acceptors (Lipinski definition) is 3. The number of amides is 1. The van der Waals surface area contributed by atoms with Crippen LogP contribution in [0.15, 0.2) is 30.3 Å². The SMILES string of the molecule is CCOc1ccc(/C=C/C(=O)N2CCN(C)CC2)cc1. The number of nitrogens with zero attached hydrogens (tertiary/aromatic N) is 2. The average Bonchev–Trinajstić information content (AvgIpc) is 2.47. The van der Waals surface area contributed by atoms with Gasteiger partial charge in [0.1, 0.15) is 5.75 Å². The summed E-state index contributed by atoms with van der Waals surface area (Å²) in [6, 6.07) is 7.75. The van der Waals surface area contributed by atoms with Gasteiger partial charge in [0.15, 0.2) is 0 Å². The van der Waals surface area contributed by atoms with Crippen LogP contribution >= 0.6 is 0 Å². The van der Waals surface area contributed by atoms with E-state index < -0.39 is 0 Å². The van der Waals surface area contributed by atoms with Crippen LogP contribution < -0.4 is 4.74 Å². The van der Waals surface area contributed by atoms with Crippen LogP contribution in [0.3, 0.4) is 0 Å². The van der Waals surface area contributed by atoms with Crippen LogP contribution in [0, 0.1) is 0 Å². The van der Waals surface area contributed by atoms with E-state index in [9.17, 15) is 4.79 Å². The van der Waals surface area contributed by atoms with Gasteiger partial charge in [0.05, 0.1) is 6.61 Å². The largest absolute Gasteiger partial charge is 0.494 e. The van der Waals surface area contributed by atoms with E-state index in [1.807, 2.05) is 42.2 Å². The van der Waals surface area contributed by atoms with E-state index in [1.165, 1.54) is 0 Å². The van der Waals surface area contributed by atoms with Crippen LogP contribution in [-0.2, 0) is 4.79 Å². The predicted molar refractivity (Wildman–Crippen MR) is 80.7 cm³/mol. The van der Waals surface area contributed by atoms with Crippen LogP contribution in [-0.4, -0.2) is 55.5 Å². The molecule has 2 rings (SSSR count). The second-order valence-electron chi connectivity index (χ2n) is 4.96. The van der Waals surface area contributed by atoms with Gasteiger partial charge >= 0.3 is 0 Å². The minimum atomic E-state index is 0.0898. The third-order valence-electron chi connectivity index (χ3n) is 3.42. The molecule has 1 fully saturated rings. The molecule has 4 nitrogen and oxygen atoms in total. The molecule has 1 saturated heterocycles. The molecule has 1 heterocycles. The zero-order chi connectivity index (χ0) is 14.4. The van der Waals surface area contributed by atoms with Crippen molar-refractivity contribution < 1.29 is 9.53 Å². The quantitative estimate of drug-likeness (QED) is 0.786. The lowest BCUT2D eigenvalue weighted by molar-refractivity contribution is -0.127. The number of benzene rings is 1. The second-order valence-corrected chi connectivity index (χ2v) is 4.96. The third kappa shape index (κ3) is 4.10. The summed E-state index contributed by atoms with van der Waals surface area (Å²) in [5.41, 5.74) is 1.01. The number of hydrogen-bond donors (Lipinski definition) is 0. The molecule has 0 aromatic heterocycles. The van der Waals surface area contributed by atoms with E-state index in [0.29, 0.717) is 6.61 Å². The Balaban J connectivity index is 1.89. The Kier molecular flexibility index (Phi) is 5.18. The Morgan fingerprint density at radius 2 is 1.85 bits per heavy atom. The third-order valence-corrected chi connectivity index (χ3v) is 3.42. The van der Waals surface area contributed by atoms with Gasteiger partial charge in [0.25, 0.3) is 0 Å². The molecule has 20 heavy (non-hydrogen) atoms. The summed E-state index contributed by atoms with van der Waals surface area (Å²) in [5, 5.41) is 0. The molecule has 4 heteroatoms.